The van der Waals surface area contributed by atoms with E-state index in [0.29, 0.717) is 5.56 Å². The minimum atomic E-state index is -0.682. The van der Waals surface area contributed by atoms with Crippen LogP contribution >= 0.6 is 0 Å². The predicted molar refractivity (Wildman–Crippen MR) is 76.9 cm³/mol. The van der Waals surface area contributed by atoms with Gasteiger partial charge < -0.3 is 10.6 Å². The summed E-state index contributed by atoms with van der Waals surface area (Å²) < 4.78 is 13.4. The molecule has 108 valence electrons. The summed E-state index contributed by atoms with van der Waals surface area (Å²) in [4.78, 5) is 22.0. The number of aryl methyl sites for hydroxylation is 1. The second-order valence-electron chi connectivity index (χ2n) is 4.32. The molecular weight excluding hydrogens is 277 g/mol. The van der Waals surface area contributed by atoms with Crippen LogP contribution in [-0.2, 0) is 0 Å². The van der Waals surface area contributed by atoms with Gasteiger partial charge in [-0.1, -0.05) is 18.2 Å². The Morgan fingerprint density at radius 1 is 1.19 bits per heavy atom. The average Bonchev–Trinajstić information content (AvgIpc) is 2.43. The standard InChI is InChI=1S/C14H12FN3O3/c1-9-6-7-10(8-13(9)18(20)21)16-14(19)17-12-5-3-2-4-11(12)15/h2-8H,1H3,(H2,16,17,19). The molecular formula is C14H12FN3O3. The zero-order valence-electron chi connectivity index (χ0n) is 11.1. The van der Waals surface area contributed by atoms with Gasteiger partial charge in [0.2, 0.25) is 0 Å². The van der Waals surface area contributed by atoms with Crippen LogP contribution in [0.2, 0.25) is 0 Å². The van der Waals surface area contributed by atoms with Crippen LogP contribution in [-0.4, -0.2) is 11.0 Å². The third-order valence-corrected chi connectivity index (χ3v) is 2.79. The molecule has 2 aromatic rings. The Morgan fingerprint density at radius 2 is 1.90 bits per heavy atom. The quantitative estimate of drug-likeness (QED) is 0.667. The fourth-order valence-corrected chi connectivity index (χ4v) is 1.73. The van der Waals surface area contributed by atoms with Crippen molar-refractivity contribution in [3.63, 3.8) is 0 Å². The molecule has 0 fully saturated rings. The lowest BCUT2D eigenvalue weighted by Crippen LogP contribution is -2.20. The molecule has 0 bridgehead atoms. The average molecular weight is 289 g/mol. The number of urea groups is 1. The van der Waals surface area contributed by atoms with Crippen molar-refractivity contribution in [1.29, 1.82) is 0 Å². The normalized spacial score (nSPS) is 10.0. The highest BCUT2D eigenvalue weighted by molar-refractivity contribution is 6.00. The number of para-hydroxylation sites is 1. The number of nitro benzene ring substituents is 1. The first-order valence-electron chi connectivity index (χ1n) is 6.05. The Bertz CT molecular complexity index is 704. The van der Waals surface area contributed by atoms with Gasteiger partial charge in [0.25, 0.3) is 5.69 Å². The summed E-state index contributed by atoms with van der Waals surface area (Å²) in [6, 6.07) is 9.32. The van der Waals surface area contributed by atoms with Gasteiger partial charge in [-0.3, -0.25) is 10.1 Å². The van der Waals surface area contributed by atoms with E-state index < -0.39 is 16.8 Å². The fourth-order valence-electron chi connectivity index (χ4n) is 1.73. The minimum Gasteiger partial charge on any atom is -0.307 e. The first-order valence-corrected chi connectivity index (χ1v) is 6.05. The SMILES string of the molecule is Cc1ccc(NC(=O)Nc2ccccc2F)cc1[N+](=O)[O-]. The number of carbonyl (C=O) groups is 1. The molecule has 0 spiro atoms. The zero-order valence-corrected chi connectivity index (χ0v) is 11.1. The molecule has 2 N–H and O–H groups in total. The van der Waals surface area contributed by atoms with Gasteiger partial charge in [-0.15, -0.1) is 0 Å². The van der Waals surface area contributed by atoms with Crippen LogP contribution in [0.15, 0.2) is 42.5 Å². The van der Waals surface area contributed by atoms with E-state index in [1.165, 1.54) is 36.4 Å². The Labute approximate surface area is 119 Å². The third kappa shape index (κ3) is 3.53. The lowest BCUT2D eigenvalue weighted by atomic mass is 10.2. The van der Waals surface area contributed by atoms with Gasteiger partial charge in [-0.2, -0.15) is 0 Å². The molecule has 21 heavy (non-hydrogen) atoms. The minimum absolute atomic E-state index is 0.0246. The number of benzene rings is 2. The first kappa shape index (κ1) is 14.4. The summed E-state index contributed by atoms with van der Waals surface area (Å²) in [5, 5.41) is 15.6. The molecule has 0 aliphatic carbocycles. The third-order valence-electron chi connectivity index (χ3n) is 2.79. The molecule has 2 amide bonds. The largest absolute Gasteiger partial charge is 0.323 e. The van der Waals surface area contributed by atoms with Crippen LogP contribution in [0.1, 0.15) is 5.56 Å². The highest BCUT2D eigenvalue weighted by atomic mass is 19.1. The van der Waals surface area contributed by atoms with Crippen LogP contribution in [0.25, 0.3) is 0 Å². The van der Waals surface area contributed by atoms with E-state index in [1.807, 2.05) is 0 Å². The highest BCUT2D eigenvalue weighted by Gasteiger charge is 2.13. The number of hydrogen-bond acceptors (Lipinski definition) is 3. The first-order chi connectivity index (χ1) is 9.97. The fraction of sp³-hybridized carbons (Fsp3) is 0.0714. The van der Waals surface area contributed by atoms with Crippen LogP contribution in [0.3, 0.4) is 0 Å². The summed E-state index contributed by atoms with van der Waals surface area (Å²) >= 11 is 0. The van der Waals surface area contributed by atoms with Crippen molar-refractivity contribution in [2.45, 2.75) is 6.92 Å². The molecule has 6 nitrogen and oxygen atoms in total. The number of hydrogen-bond donors (Lipinski definition) is 2. The molecule has 0 atom stereocenters. The molecule has 0 heterocycles. The Kier molecular flexibility index (Phi) is 4.13. The Morgan fingerprint density at radius 3 is 2.57 bits per heavy atom. The Hall–Kier alpha value is -2.96. The summed E-state index contributed by atoms with van der Waals surface area (Å²) in [6.07, 6.45) is 0. The van der Waals surface area contributed by atoms with E-state index in [4.69, 9.17) is 0 Å². The van der Waals surface area contributed by atoms with Crippen molar-refractivity contribution in [3.05, 3.63) is 64.0 Å². The maximum Gasteiger partial charge on any atom is 0.323 e. The zero-order chi connectivity index (χ0) is 15.4. The predicted octanol–water partition coefficient (Wildman–Crippen LogP) is 3.69. The molecule has 0 aliphatic heterocycles. The molecule has 2 aromatic carbocycles. The summed E-state index contributed by atoms with van der Waals surface area (Å²) in [5.41, 5.74) is 0.663. The van der Waals surface area contributed by atoms with Crippen LogP contribution < -0.4 is 10.6 Å². The van der Waals surface area contributed by atoms with Crippen molar-refractivity contribution in [3.8, 4) is 0 Å². The van der Waals surface area contributed by atoms with E-state index >= 15 is 0 Å². The second kappa shape index (κ2) is 6.00. The number of halogens is 1. The number of nitrogens with zero attached hydrogens (tertiary/aromatic N) is 1. The number of nitro groups is 1. The molecule has 0 aromatic heterocycles. The summed E-state index contributed by atoms with van der Waals surface area (Å²) in [7, 11) is 0. The van der Waals surface area contributed by atoms with Crippen molar-refractivity contribution < 1.29 is 14.1 Å². The number of anilines is 2. The molecule has 2 rings (SSSR count). The number of carbonyl (C=O) groups excluding carboxylic acids is 1. The molecule has 0 saturated heterocycles. The van der Waals surface area contributed by atoms with Crippen molar-refractivity contribution in [2.24, 2.45) is 0 Å². The number of nitrogens with one attached hydrogen (secondary N) is 2. The molecule has 0 saturated carbocycles. The smallest absolute Gasteiger partial charge is 0.307 e. The van der Waals surface area contributed by atoms with Gasteiger partial charge in [0.05, 0.1) is 10.6 Å². The van der Waals surface area contributed by atoms with Gasteiger partial charge in [0.15, 0.2) is 0 Å². The van der Waals surface area contributed by atoms with Crippen molar-refractivity contribution in [2.75, 3.05) is 10.6 Å². The molecule has 0 radical (unpaired) electrons. The molecule has 0 aliphatic rings. The maximum atomic E-state index is 13.4. The van der Waals surface area contributed by atoms with E-state index in [9.17, 15) is 19.3 Å². The molecule has 0 unspecified atom stereocenters. The van der Waals surface area contributed by atoms with Gasteiger partial charge in [0, 0.05) is 17.3 Å². The van der Waals surface area contributed by atoms with Crippen LogP contribution in [0.5, 0.6) is 0 Å². The van der Waals surface area contributed by atoms with Gasteiger partial charge in [-0.05, 0) is 25.1 Å². The van der Waals surface area contributed by atoms with Crippen LogP contribution in [0, 0.1) is 22.9 Å². The lowest BCUT2D eigenvalue weighted by molar-refractivity contribution is -0.385. The van der Waals surface area contributed by atoms with Crippen molar-refractivity contribution in [1.82, 2.24) is 0 Å². The second-order valence-corrected chi connectivity index (χ2v) is 4.32. The number of rotatable bonds is 3. The monoisotopic (exact) mass is 289 g/mol. The van der Waals surface area contributed by atoms with E-state index in [2.05, 4.69) is 10.6 Å². The Balaban J connectivity index is 2.12. The van der Waals surface area contributed by atoms with E-state index in [0.717, 1.165) is 0 Å². The topological polar surface area (TPSA) is 84.3 Å². The van der Waals surface area contributed by atoms with E-state index in [-0.39, 0.29) is 17.1 Å². The van der Waals surface area contributed by atoms with Crippen molar-refractivity contribution >= 4 is 23.1 Å². The lowest BCUT2D eigenvalue weighted by Gasteiger charge is -2.08. The maximum absolute atomic E-state index is 13.4. The number of amides is 2. The highest BCUT2D eigenvalue weighted by Crippen LogP contribution is 2.22. The summed E-state index contributed by atoms with van der Waals surface area (Å²) in [6.45, 7) is 1.60. The van der Waals surface area contributed by atoms with Gasteiger partial charge >= 0.3 is 6.03 Å². The van der Waals surface area contributed by atoms with Crippen LogP contribution in [0.4, 0.5) is 26.2 Å². The van der Waals surface area contributed by atoms with Gasteiger partial charge in [-0.25, -0.2) is 9.18 Å². The van der Waals surface area contributed by atoms with E-state index in [1.54, 1.807) is 13.0 Å². The van der Waals surface area contributed by atoms with Gasteiger partial charge in [0.1, 0.15) is 5.82 Å². The summed E-state index contributed by atoms with van der Waals surface area (Å²) in [5.74, 6) is -0.567. The molecule has 7 heteroatoms.